The molecule has 1 heterocycles. The number of hydrogen-bond donors (Lipinski definition) is 1. The average Bonchev–Trinajstić information content (AvgIpc) is 2.63. The Balaban J connectivity index is 1.89. The minimum absolute atomic E-state index is 0.231. The fraction of sp³-hybridized carbons (Fsp3) is 0.0500. The Morgan fingerprint density at radius 1 is 0.920 bits per heavy atom. The molecule has 3 aromatic carbocycles. The molecule has 0 fully saturated rings. The van der Waals surface area contributed by atoms with Crippen molar-refractivity contribution in [1.82, 2.24) is 0 Å². The number of rotatable bonds is 2. The Morgan fingerprint density at radius 2 is 1.60 bits per heavy atom. The molecular weight excluding hydrogens is 339 g/mol. The summed E-state index contributed by atoms with van der Waals surface area (Å²) in [6.45, 7) is 0. The zero-order chi connectivity index (χ0) is 17.4. The summed E-state index contributed by atoms with van der Waals surface area (Å²) in [6.07, 6.45) is -0.531. The van der Waals surface area contributed by atoms with Gasteiger partial charge < -0.3 is 5.32 Å². The molecule has 1 unspecified atom stereocenters. The minimum Gasteiger partial charge on any atom is -0.360 e. The first-order valence-electron chi connectivity index (χ1n) is 7.84. The Labute approximate surface area is 149 Å². The monoisotopic (exact) mass is 352 g/mol. The third-order valence-corrected chi connectivity index (χ3v) is 4.48. The molecule has 0 spiro atoms. The lowest BCUT2D eigenvalue weighted by molar-refractivity contribution is 0.0974. The summed E-state index contributed by atoms with van der Waals surface area (Å²) < 4.78 is 14.4. The molecule has 3 aromatic rings. The Bertz CT molecular complexity index is 942. The molecule has 4 rings (SSSR count). The lowest BCUT2D eigenvalue weighted by Crippen LogP contribution is -2.43. The van der Waals surface area contributed by atoms with Crippen molar-refractivity contribution in [2.75, 3.05) is 10.2 Å². The number of halogens is 2. The smallest absolute Gasteiger partial charge is 0.262 e. The van der Waals surface area contributed by atoms with Crippen molar-refractivity contribution in [2.45, 2.75) is 6.17 Å². The van der Waals surface area contributed by atoms with Crippen molar-refractivity contribution in [1.29, 1.82) is 0 Å². The standard InChI is InChI=1S/C20H14ClFN2O/c21-14-11-9-13(10-12-14)19-23-17-7-3-1-5-15(17)20(25)24(19)18-8-4-2-6-16(18)22/h1-12,19,23H. The van der Waals surface area contributed by atoms with E-state index in [1.54, 1.807) is 42.5 Å². The first-order chi connectivity index (χ1) is 12.1. The van der Waals surface area contributed by atoms with Crippen molar-refractivity contribution in [3.05, 3.63) is 94.8 Å². The molecule has 1 aliphatic heterocycles. The van der Waals surface area contributed by atoms with E-state index in [0.29, 0.717) is 10.6 Å². The summed E-state index contributed by atoms with van der Waals surface area (Å²) in [4.78, 5) is 14.6. The van der Waals surface area contributed by atoms with Crippen LogP contribution in [0, 0.1) is 5.82 Å². The quantitative estimate of drug-likeness (QED) is 0.683. The van der Waals surface area contributed by atoms with Crippen molar-refractivity contribution < 1.29 is 9.18 Å². The van der Waals surface area contributed by atoms with Gasteiger partial charge in [0.2, 0.25) is 0 Å². The maximum absolute atomic E-state index is 14.4. The van der Waals surface area contributed by atoms with Crippen LogP contribution in [0.4, 0.5) is 15.8 Å². The molecular formula is C20H14ClFN2O. The molecule has 0 saturated carbocycles. The van der Waals surface area contributed by atoms with Crippen LogP contribution >= 0.6 is 11.6 Å². The Kier molecular flexibility index (Phi) is 3.90. The minimum atomic E-state index is -0.531. The van der Waals surface area contributed by atoms with Gasteiger partial charge in [-0.15, -0.1) is 0 Å². The second-order valence-electron chi connectivity index (χ2n) is 5.77. The predicted molar refractivity (Wildman–Crippen MR) is 97.5 cm³/mol. The van der Waals surface area contributed by atoms with Crippen LogP contribution in [-0.4, -0.2) is 5.91 Å². The van der Waals surface area contributed by atoms with Gasteiger partial charge in [0.1, 0.15) is 12.0 Å². The number of amides is 1. The van der Waals surface area contributed by atoms with E-state index >= 15 is 0 Å². The third-order valence-electron chi connectivity index (χ3n) is 4.22. The molecule has 0 aliphatic carbocycles. The van der Waals surface area contributed by atoms with E-state index in [1.165, 1.54) is 11.0 Å². The summed E-state index contributed by atoms with van der Waals surface area (Å²) >= 11 is 5.98. The average molecular weight is 353 g/mol. The van der Waals surface area contributed by atoms with Crippen LogP contribution in [0.15, 0.2) is 72.8 Å². The summed E-state index contributed by atoms with van der Waals surface area (Å²) in [7, 11) is 0. The highest BCUT2D eigenvalue weighted by Crippen LogP contribution is 2.37. The molecule has 25 heavy (non-hydrogen) atoms. The van der Waals surface area contributed by atoms with Gasteiger partial charge in [-0.25, -0.2) is 4.39 Å². The number of benzene rings is 3. The van der Waals surface area contributed by atoms with Crippen LogP contribution in [0.25, 0.3) is 0 Å². The number of hydrogen-bond acceptors (Lipinski definition) is 2. The van der Waals surface area contributed by atoms with Crippen molar-refractivity contribution in [3.8, 4) is 0 Å². The van der Waals surface area contributed by atoms with E-state index in [-0.39, 0.29) is 11.6 Å². The number of nitrogens with zero attached hydrogens (tertiary/aromatic N) is 1. The fourth-order valence-electron chi connectivity index (χ4n) is 3.03. The topological polar surface area (TPSA) is 32.3 Å². The second kappa shape index (κ2) is 6.22. The molecule has 124 valence electrons. The van der Waals surface area contributed by atoms with Gasteiger partial charge in [-0.3, -0.25) is 9.69 Å². The number of anilines is 2. The van der Waals surface area contributed by atoms with Crippen LogP contribution in [0.3, 0.4) is 0 Å². The number of carbonyl (C=O) groups excluding carboxylic acids is 1. The summed E-state index contributed by atoms with van der Waals surface area (Å²) in [5, 5.41) is 3.93. The van der Waals surface area contributed by atoms with Gasteiger partial charge in [-0.05, 0) is 42.0 Å². The van der Waals surface area contributed by atoms with E-state index < -0.39 is 12.0 Å². The fourth-order valence-corrected chi connectivity index (χ4v) is 3.15. The highest BCUT2D eigenvalue weighted by molar-refractivity contribution is 6.30. The lowest BCUT2D eigenvalue weighted by Gasteiger charge is -2.38. The van der Waals surface area contributed by atoms with Crippen molar-refractivity contribution in [3.63, 3.8) is 0 Å². The van der Waals surface area contributed by atoms with Crippen LogP contribution in [0.2, 0.25) is 5.02 Å². The molecule has 1 atom stereocenters. The van der Waals surface area contributed by atoms with Gasteiger partial charge >= 0.3 is 0 Å². The molecule has 0 radical (unpaired) electrons. The van der Waals surface area contributed by atoms with E-state index in [4.69, 9.17) is 11.6 Å². The van der Waals surface area contributed by atoms with Gasteiger partial charge in [0.25, 0.3) is 5.91 Å². The van der Waals surface area contributed by atoms with Gasteiger partial charge in [0.05, 0.1) is 11.3 Å². The molecule has 0 bridgehead atoms. The molecule has 1 amide bonds. The third kappa shape index (κ3) is 2.75. The highest BCUT2D eigenvalue weighted by Gasteiger charge is 2.35. The summed E-state index contributed by atoms with van der Waals surface area (Å²) in [5.41, 5.74) is 2.28. The largest absolute Gasteiger partial charge is 0.360 e. The van der Waals surface area contributed by atoms with Gasteiger partial charge in [0, 0.05) is 10.7 Å². The zero-order valence-electron chi connectivity index (χ0n) is 13.1. The summed E-state index contributed by atoms with van der Waals surface area (Å²) in [5.74, 6) is -0.699. The van der Waals surface area contributed by atoms with Gasteiger partial charge in [-0.2, -0.15) is 0 Å². The van der Waals surface area contributed by atoms with Crippen LogP contribution in [-0.2, 0) is 0 Å². The second-order valence-corrected chi connectivity index (χ2v) is 6.21. The molecule has 3 nitrogen and oxygen atoms in total. The first kappa shape index (κ1) is 15.7. The van der Waals surface area contributed by atoms with Gasteiger partial charge in [0.15, 0.2) is 0 Å². The zero-order valence-corrected chi connectivity index (χ0v) is 13.9. The van der Waals surface area contributed by atoms with E-state index in [2.05, 4.69) is 5.32 Å². The Hall–Kier alpha value is -2.85. The maximum atomic E-state index is 14.4. The summed E-state index contributed by atoms with van der Waals surface area (Å²) in [6, 6.07) is 20.7. The molecule has 5 heteroatoms. The number of nitrogens with one attached hydrogen (secondary N) is 1. The molecule has 1 N–H and O–H groups in total. The van der Waals surface area contributed by atoms with E-state index in [9.17, 15) is 9.18 Å². The first-order valence-corrected chi connectivity index (χ1v) is 8.22. The predicted octanol–water partition coefficient (Wildman–Crippen LogP) is 5.25. The lowest BCUT2D eigenvalue weighted by atomic mass is 10.0. The number of para-hydroxylation sites is 2. The van der Waals surface area contributed by atoms with Crippen LogP contribution in [0.1, 0.15) is 22.1 Å². The molecule has 0 saturated heterocycles. The Morgan fingerprint density at radius 3 is 2.36 bits per heavy atom. The van der Waals surface area contributed by atoms with E-state index in [0.717, 1.165) is 11.3 Å². The number of fused-ring (bicyclic) bond motifs is 1. The number of carbonyl (C=O) groups is 1. The molecule has 1 aliphatic rings. The normalized spacial score (nSPS) is 16.3. The van der Waals surface area contributed by atoms with Crippen LogP contribution < -0.4 is 10.2 Å². The van der Waals surface area contributed by atoms with E-state index in [1.807, 2.05) is 24.3 Å². The SMILES string of the molecule is O=C1c2ccccc2NC(c2ccc(Cl)cc2)N1c1ccccc1F. The van der Waals surface area contributed by atoms with Crippen molar-refractivity contribution >= 4 is 28.9 Å². The van der Waals surface area contributed by atoms with Crippen LogP contribution in [0.5, 0.6) is 0 Å². The molecule has 0 aromatic heterocycles. The maximum Gasteiger partial charge on any atom is 0.262 e. The van der Waals surface area contributed by atoms with Gasteiger partial charge in [-0.1, -0.05) is 48.0 Å². The highest BCUT2D eigenvalue weighted by atomic mass is 35.5. The van der Waals surface area contributed by atoms with Crippen molar-refractivity contribution in [2.24, 2.45) is 0 Å².